The molecule has 0 fully saturated rings. The lowest BCUT2D eigenvalue weighted by Gasteiger charge is -2.17. The number of anilines is 1. The minimum Gasteiger partial charge on any atom is -0.368 e. The monoisotopic (exact) mass is 235 g/mol. The smallest absolute Gasteiger partial charge is 0.290 e. The van der Waals surface area contributed by atoms with Crippen molar-refractivity contribution in [3.63, 3.8) is 0 Å². The molecule has 10 heteroatoms. The van der Waals surface area contributed by atoms with Crippen molar-refractivity contribution in [3.05, 3.63) is 12.7 Å². The fourth-order valence-electron chi connectivity index (χ4n) is 0.826. The van der Waals surface area contributed by atoms with Crippen molar-refractivity contribution in [1.82, 2.24) is 15.0 Å². The number of hydrogen-bond acceptors (Lipinski definition) is 7. The van der Waals surface area contributed by atoms with E-state index >= 15 is 0 Å². The molecule has 0 atom stereocenters. The summed E-state index contributed by atoms with van der Waals surface area (Å²) in [6.07, 6.45) is 3.08. The highest BCUT2D eigenvalue weighted by Gasteiger charge is 2.06. The Hall–Kier alpha value is -1.52. The number of H-pyrrole nitrogens is 2. The van der Waals surface area contributed by atoms with Gasteiger partial charge in [0, 0.05) is 0 Å². The van der Waals surface area contributed by atoms with Gasteiger partial charge in [0.2, 0.25) is 12.1 Å². The molecule has 15 heavy (non-hydrogen) atoms. The molecule has 0 spiro atoms. The first-order valence-electron chi connectivity index (χ1n) is 3.45. The Labute approximate surface area is 85.0 Å². The third-order valence-corrected chi connectivity index (χ3v) is 1.30. The number of nitrogen functional groups attached to an aromatic ring is 1. The number of nitrogens with one attached hydrogen (secondary N) is 2. The van der Waals surface area contributed by atoms with Gasteiger partial charge in [0.15, 0.2) is 11.8 Å². The van der Waals surface area contributed by atoms with E-state index in [1.54, 1.807) is 6.33 Å². The van der Waals surface area contributed by atoms with Crippen LogP contribution in [0.1, 0.15) is 0 Å². The number of aromatic nitrogens is 4. The van der Waals surface area contributed by atoms with Crippen LogP contribution < -0.4 is 29.4 Å². The lowest BCUT2D eigenvalue weighted by molar-refractivity contribution is -2.00. The van der Waals surface area contributed by atoms with E-state index in [1.165, 1.54) is 6.33 Å². The molecule has 0 saturated carbocycles. The van der Waals surface area contributed by atoms with Crippen molar-refractivity contribution in [2.24, 2.45) is 0 Å². The number of imidazole rings is 1. The minimum atomic E-state index is -4.94. The Balaban J connectivity index is 0.000000195. The quantitative estimate of drug-likeness (QED) is 0.458. The molecule has 0 saturated heterocycles. The SMILES string of the molecule is Nc1nc[nH+]c2nc[nH]c12.[O-][Cl+3]([O-])([O-])[O-]. The fourth-order valence-corrected chi connectivity index (χ4v) is 0.826. The first-order valence-corrected chi connectivity index (χ1v) is 4.68. The average molecular weight is 236 g/mol. The summed E-state index contributed by atoms with van der Waals surface area (Å²) < 4.78 is 34.0. The number of fused-ring (bicyclic) bond motifs is 1. The molecular weight excluding hydrogens is 230 g/mol. The molecule has 2 aromatic heterocycles. The Morgan fingerprint density at radius 1 is 1.27 bits per heavy atom. The fraction of sp³-hybridized carbons (Fsp3) is 0. The number of nitrogens with zero attached hydrogens (tertiary/aromatic N) is 2. The van der Waals surface area contributed by atoms with E-state index in [0.29, 0.717) is 5.82 Å². The largest absolute Gasteiger partial charge is 0.368 e. The van der Waals surface area contributed by atoms with Gasteiger partial charge in [-0.3, -0.25) is 0 Å². The van der Waals surface area contributed by atoms with Crippen molar-refractivity contribution in [1.29, 1.82) is 0 Å². The van der Waals surface area contributed by atoms with Crippen LogP contribution in [0.5, 0.6) is 0 Å². The summed E-state index contributed by atoms with van der Waals surface area (Å²) >= 11 is 0. The van der Waals surface area contributed by atoms with Crippen molar-refractivity contribution in [3.8, 4) is 0 Å². The molecule has 9 nitrogen and oxygen atoms in total. The van der Waals surface area contributed by atoms with Gasteiger partial charge >= 0.3 is 0 Å². The Morgan fingerprint density at radius 3 is 2.40 bits per heavy atom. The number of nitrogens with two attached hydrogens (primary N) is 1. The van der Waals surface area contributed by atoms with Crippen LogP contribution in [0, 0.1) is 10.2 Å². The Bertz CT molecular complexity index is 434. The minimum absolute atomic E-state index is 0.464. The molecule has 0 aliphatic carbocycles. The predicted molar refractivity (Wildman–Crippen MR) is 34.9 cm³/mol. The van der Waals surface area contributed by atoms with Gasteiger partial charge in [0.1, 0.15) is 0 Å². The van der Waals surface area contributed by atoms with Crippen LogP contribution >= 0.6 is 0 Å². The van der Waals surface area contributed by atoms with Gasteiger partial charge in [-0.2, -0.15) is 0 Å². The van der Waals surface area contributed by atoms with Gasteiger partial charge < -0.3 is 10.7 Å². The second kappa shape index (κ2) is 4.33. The zero-order valence-electron chi connectivity index (χ0n) is 7.14. The zero-order valence-corrected chi connectivity index (χ0v) is 7.89. The van der Waals surface area contributed by atoms with E-state index in [1.807, 2.05) is 0 Å². The van der Waals surface area contributed by atoms with Gasteiger partial charge in [0.05, 0.1) is 0 Å². The Kier molecular flexibility index (Phi) is 3.34. The van der Waals surface area contributed by atoms with Crippen molar-refractivity contribution in [2.45, 2.75) is 0 Å². The molecule has 0 radical (unpaired) electrons. The number of aromatic amines is 2. The van der Waals surface area contributed by atoms with Gasteiger partial charge in [-0.1, -0.05) is 9.97 Å². The lowest BCUT2D eigenvalue weighted by Crippen LogP contribution is -2.68. The van der Waals surface area contributed by atoms with Crippen molar-refractivity contribution >= 4 is 17.0 Å². The van der Waals surface area contributed by atoms with E-state index < -0.39 is 10.2 Å². The molecule has 2 rings (SSSR count). The zero-order chi connectivity index (χ0) is 11.5. The average Bonchev–Trinajstić information content (AvgIpc) is 2.49. The summed E-state index contributed by atoms with van der Waals surface area (Å²) in [6.45, 7) is 0. The number of rotatable bonds is 0. The second-order valence-corrected chi connectivity index (χ2v) is 3.05. The maximum absolute atomic E-state index is 8.49. The van der Waals surface area contributed by atoms with Crippen LogP contribution in [0.25, 0.3) is 11.2 Å². The third kappa shape index (κ3) is 4.01. The molecule has 82 valence electrons. The maximum Gasteiger partial charge on any atom is 0.290 e. The molecular formula is C5H6ClN5O4. The van der Waals surface area contributed by atoms with Crippen LogP contribution in [-0.2, 0) is 0 Å². The number of hydrogen-bond donors (Lipinski definition) is 2. The topological polar surface area (TPSA) is 174 Å². The highest BCUT2D eigenvalue weighted by Crippen LogP contribution is 2.06. The highest BCUT2D eigenvalue weighted by atomic mass is 35.7. The van der Waals surface area contributed by atoms with Crippen LogP contribution in [0.3, 0.4) is 0 Å². The van der Waals surface area contributed by atoms with Crippen LogP contribution in [-0.4, -0.2) is 15.0 Å². The summed E-state index contributed by atoms with van der Waals surface area (Å²) in [4.78, 5) is 13.5. The summed E-state index contributed by atoms with van der Waals surface area (Å²) in [5.74, 6) is 0.464. The molecule has 0 bridgehead atoms. The van der Waals surface area contributed by atoms with Crippen molar-refractivity contribution < 1.29 is 33.9 Å². The molecule has 2 aromatic rings. The van der Waals surface area contributed by atoms with E-state index in [0.717, 1.165) is 11.2 Å². The molecule has 4 N–H and O–H groups in total. The molecule has 2 heterocycles. The van der Waals surface area contributed by atoms with Gasteiger partial charge in [-0.25, -0.2) is 23.6 Å². The molecule has 0 amide bonds. The maximum atomic E-state index is 8.49. The first kappa shape index (κ1) is 11.6. The molecule has 0 aliphatic heterocycles. The predicted octanol–water partition coefficient (Wildman–Crippen LogP) is -5.40. The molecule has 0 aromatic carbocycles. The third-order valence-electron chi connectivity index (χ3n) is 1.30. The van der Waals surface area contributed by atoms with E-state index in [-0.39, 0.29) is 0 Å². The summed E-state index contributed by atoms with van der Waals surface area (Å²) in [6, 6.07) is 0. The van der Waals surface area contributed by atoms with Gasteiger partial charge in [-0.05, 0) is 0 Å². The summed E-state index contributed by atoms with van der Waals surface area (Å²) in [5, 5.41) is 0. The van der Waals surface area contributed by atoms with Crippen molar-refractivity contribution in [2.75, 3.05) is 5.73 Å². The number of halogens is 1. The molecule has 0 aliphatic rings. The van der Waals surface area contributed by atoms with Crippen LogP contribution in [0.15, 0.2) is 12.7 Å². The summed E-state index contributed by atoms with van der Waals surface area (Å²) in [5.41, 5.74) is 6.98. The van der Waals surface area contributed by atoms with Crippen LogP contribution in [0.2, 0.25) is 0 Å². The van der Waals surface area contributed by atoms with Crippen LogP contribution in [0.4, 0.5) is 5.82 Å². The van der Waals surface area contributed by atoms with E-state index in [4.69, 9.17) is 24.4 Å². The molecule has 0 unspecified atom stereocenters. The van der Waals surface area contributed by atoms with E-state index in [2.05, 4.69) is 19.9 Å². The summed E-state index contributed by atoms with van der Waals surface area (Å²) in [7, 11) is -4.94. The van der Waals surface area contributed by atoms with Gasteiger partial charge in [0.25, 0.3) is 5.65 Å². The lowest BCUT2D eigenvalue weighted by atomic mass is 10.5. The standard InChI is InChI=1S/C5H5N5.ClHO4/c6-4-3-5(9-1-7-3)10-2-8-4;2-1(3,4)5/h1-2H,(H3,6,7,8,9,10);(H,2,3,4,5). The first-order chi connectivity index (χ1) is 6.88. The van der Waals surface area contributed by atoms with Gasteiger partial charge in [-0.15, -0.1) is 10.2 Å². The Morgan fingerprint density at radius 2 is 1.87 bits per heavy atom. The van der Waals surface area contributed by atoms with E-state index in [9.17, 15) is 0 Å². The highest BCUT2D eigenvalue weighted by molar-refractivity contribution is 5.77. The normalized spacial score (nSPS) is 10.9. The second-order valence-electron chi connectivity index (χ2n) is 2.29.